The van der Waals surface area contributed by atoms with Crippen molar-refractivity contribution in [2.45, 2.75) is 37.5 Å². The van der Waals surface area contributed by atoms with E-state index in [9.17, 15) is 0 Å². The Morgan fingerprint density at radius 1 is 1.05 bits per heavy atom. The fourth-order valence-electron chi connectivity index (χ4n) is 3.33. The predicted octanol–water partition coefficient (Wildman–Crippen LogP) is 3.27. The molecule has 1 aliphatic heterocycles. The van der Waals surface area contributed by atoms with Crippen molar-refractivity contribution in [3.05, 3.63) is 22.7 Å². The van der Waals surface area contributed by atoms with Crippen LogP contribution in [0.2, 0.25) is 5.02 Å². The summed E-state index contributed by atoms with van der Waals surface area (Å²) in [5, 5.41) is 0.626. The maximum Gasteiger partial charge on any atom is 0.180 e. The van der Waals surface area contributed by atoms with E-state index in [2.05, 4.69) is 6.07 Å². The summed E-state index contributed by atoms with van der Waals surface area (Å²) in [6, 6.07) is 3.99. The second kappa shape index (κ2) is 5.22. The van der Waals surface area contributed by atoms with Gasteiger partial charge in [-0.05, 0) is 18.9 Å². The van der Waals surface area contributed by atoms with Gasteiger partial charge < -0.3 is 15.2 Å². The zero-order valence-corrected chi connectivity index (χ0v) is 11.8. The molecule has 3 rings (SSSR count). The summed E-state index contributed by atoms with van der Waals surface area (Å²) in [5.41, 5.74) is 7.34. The van der Waals surface area contributed by atoms with E-state index in [0.717, 1.165) is 18.6 Å². The summed E-state index contributed by atoms with van der Waals surface area (Å²) >= 11 is 6.21. The Balaban J connectivity index is 2.08. The van der Waals surface area contributed by atoms with Crippen LogP contribution >= 0.6 is 11.6 Å². The standard InChI is InChI=1S/C15H20ClNO2/c16-12-5-4-11(13-14(12)19-9-8-18-13)15(10-17)6-2-1-3-7-15/h4-5H,1-3,6-10,17H2. The molecular formula is C15H20ClNO2. The molecule has 19 heavy (non-hydrogen) atoms. The molecule has 0 spiro atoms. The molecular weight excluding hydrogens is 262 g/mol. The molecule has 1 heterocycles. The summed E-state index contributed by atoms with van der Waals surface area (Å²) in [5.74, 6) is 1.52. The van der Waals surface area contributed by atoms with Crippen molar-refractivity contribution in [1.82, 2.24) is 0 Å². The molecule has 1 aliphatic carbocycles. The molecule has 0 aromatic heterocycles. The molecule has 0 radical (unpaired) electrons. The molecule has 104 valence electrons. The highest BCUT2D eigenvalue weighted by atomic mass is 35.5. The zero-order valence-electron chi connectivity index (χ0n) is 11.1. The summed E-state index contributed by atoms with van der Waals surface area (Å²) in [7, 11) is 0. The van der Waals surface area contributed by atoms with Crippen LogP contribution in [-0.2, 0) is 5.41 Å². The number of benzene rings is 1. The first-order valence-electron chi connectivity index (χ1n) is 7.05. The minimum absolute atomic E-state index is 0.0353. The molecule has 1 aromatic carbocycles. The molecule has 0 bridgehead atoms. The summed E-state index contributed by atoms with van der Waals surface area (Å²) in [6.45, 7) is 1.80. The Labute approximate surface area is 119 Å². The second-order valence-corrected chi connectivity index (χ2v) is 5.90. The Kier molecular flexibility index (Phi) is 3.59. The fourth-order valence-corrected chi connectivity index (χ4v) is 3.54. The van der Waals surface area contributed by atoms with Crippen LogP contribution in [0.15, 0.2) is 12.1 Å². The van der Waals surface area contributed by atoms with Gasteiger partial charge in [0.05, 0.1) is 5.02 Å². The molecule has 0 saturated heterocycles. The number of ether oxygens (including phenoxy) is 2. The third-order valence-electron chi connectivity index (χ3n) is 4.41. The minimum atomic E-state index is 0.0353. The predicted molar refractivity (Wildman–Crippen MR) is 76.3 cm³/mol. The Bertz CT molecular complexity index is 469. The Hall–Kier alpha value is -0.930. The lowest BCUT2D eigenvalue weighted by Gasteiger charge is -2.38. The maximum absolute atomic E-state index is 6.21. The molecule has 2 N–H and O–H groups in total. The van der Waals surface area contributed by atoms with Crippen LogP contribution in [-0.4, -0.2) is 19.8 Å². The van der Waals surface area contributed by atoms with Crippen molar-refractivity contribution in [2.24, 2.45) is 5.73 Å². The van der Waals surface area contributed by atoms with E-state index in [1.54, 1.807) is 0 Å². The van der Waals surface area contributed by atoms with E-state index >= 15 is 0 Å². The first-order chi connectivity index (χ1) is 9.27. The summed E-state index contributed by atoms with van der Waals surface area (Å²) in [6.07, 6.45) is 6.02. The highest BCUT2D eigenvalue weighted by Gasteiger charge is 2.37. The maximum atomic E-state index is 6.21. The van der Waals surface area contributed by atoms with Gasteiger partial charge in [0.25, 0.3) is 0 Å². The average molecular weight is 282 g/mol. The summed E-state index contributed by atoms with van der Waals surface area (Å²) < 4.78 is 11.5. The number of hydrogen-bond donors (Lipinski definition) is 1. The minimum Gasteiger partial charge on any atom is -0.486 e. The van der Waals surface area contributed by atoms with Crippen LogP contribution in [0.4, 0.5) is 0 Å². The Morgan fingerprint density at radius 3 is 2.42 bits per heavy atom. The van der Waals surface area contributed by atoms with Crippen LogP contribution < -0.4 is 15.2 Å². The highest BCUT2D eigenvalue weighted by molar-refractivity contribution is 6.32. The average Bonchev–Trinajstić information content (AvgIpc) is 2.48. The van der Waals surface area contributed by atoms with Gasteiger partial charge in [0.1, 0.15) is 13.2 Å². The van der Waals surface area contributed by atoms with E-state index in [0.29, 0.717) is 30.5 Å². The van der Waals surface area contributed by atoms with E-state index in [1.165, 1.54) is 24.8 Å². The highest BCUT2D eigenvalue weighted by Crippen LogP contribution is 2.48. The van der Waals surface area contributed by atoms with Crippen molar-refractivity contribution in [3.63, 3.8) is 0 Å². The van der Waals surface area contributed by atoms with Gasteiger partial charge in [0.2, 0.25) is 0 Å². The molecule has 1 saturated carbocycles. The Morgan fingerprint density at radius 2 is 1.74 bits per heavy atom. The molecule has 0 atom stereocenters. The number of fused-ring (bicyclic) bond motifs is 1. The molecule has 4 heteroatoms. The first-order valence-corrected chi connectivity index (χ1v) is 7.43. The van der Waals surface area contributed by atoms with Crippen LogP contribution in [0.1, 0.15) is 37.7 Å². The van der Waals surface area contributed by atoms with Gasteiger partial charge in [-0.25, -0.2) is 0 Å². The fraction of sp³-hybridized carbons (Fsp3) is 0.600. The third-order valence-corrected chi connectivity index (χ3v) is 4.71. The number of rotatable bonds is 2. The van der Waals surface area contributed by atoms with Gasteiger partial charge in [-0.2, -0.15) is 0 Å². The van der Waals surface area contributed by atoms with Gasteiger partial charge in [0, 0.05) is 17.5 Å². The third kappa shape index (κ3) is 2.19. The zero-order chi connectivity index (χ0) is 13.3. The van der Waals surface area contributed by atoms with Crippen LogP contribution in [0.5, 0.6) is 11.5 Å². The van der Waals surface area contributed by atoms with Crippen LogP contribution in [0.3, 0.4) is 0 Å². The van der Waals surface area contributed by atoms with Crippen LogP contribution in [0.25, 0.3) is 0 Å². The largest absolute Gasteiger partial charge is 0.486 e. The van der Waals surface area contributed by atoms with Crippen molar-refractivity contribution in [1.29, 1.82) is 0 Å². The lowest BCUT2D eigenvalue weighted by Crippen LogP contribution is -2.38. The van der Waals surface area contributed by atoms with Gasteiger partial charge in [-0.15, -0.1) is 0 Å². The molecule has 0 unspecified atom stereocenters. The van der Waals surface area contributed by atoms with Crippen molar-refractivity contribution in [3.8, 4) is 11.5 Å². The van der Waals surface area contributed by atoms with Gasteiger partial charge in [-0.3, -0.25) is 0 Å². The van der Waals surface area contributed by atoms with E-state index in [1.807, 2.05) is 6.07 Å². The van der Waals surface area contributed by atoms with Crippen molar-refractivity contribution >= 4 is 11.6 Å². The van der Waals surface area contributed by atoms with E-state index in [-0.39, 0.29) is 5.41 Å². The molecule has 0 amide bonds. The monoisotopic (exact) mass is 281 g/mol. The molecule has 3 nitrogen and oxygen atoms in total. The lowest BCUT2D eigenvalue weighted by molar-refractivity contribution is 0.164. The first kappa shape index (κ1) is 13.1. The quantitative estimate of drug-likeness (QED) is 0.905. The molecule has 1 fully saturated rings. The summed E-state index contributed by atoms with van der Waals surface area (Å²) in [4.78, 5) is 0. The van der Waals surface area contributed by atoms with Gasteiger partial charge in [0.15, 0.2) is 11.5 Å². The lowest BCUT2D eigenvalue weighted by atomic mass is 9.69. The van der Waals surface area contributed by atoms with E-state index < -0.39 is 0 Å². The van der Waals surface area contributed by atoms with Crippen molar-refractivity contribution in [2.75, 3.05) is 19.8 Å². The normalized spacial score (nSPS) is 21.2. The van der Waals surface area contributed by atoms with E-state index in [4.69, 9.17) is 26.8 Å². The van der Waals surface area contributed by atoms with Crippen LogP contribution in [0, 0.1) is 0 Å². The molecule has 2 aliphatic rings. The van der Waals surface area contributed by atoms with Gasteiger partial charge >= 0.3 is 0 Å². The van der Waals surface area contributed by atoms with Crippen molar-refractivity contribution < 1.29 is 9.47 Å². The smallest absolute Gasteiger partial charge is 0.180 e. The SMILES string of the molecule is NCC1(c2ccc(Cl)c3c2OCCO3)CCCCC1. The number of nitrogens with two attached hydrogens (primary N) is 1. The van der Waals surface area contributed by atoms with Gasteiger partial charge in [-0.1, -0.05) is 36.9 Å². The number of hydrogen-bond acceptors (Lipinski definition) is 3. The topological polar surface area (TPSA) is 44.5 Å². The second-order valence-electron chi connectivity index (χ2n) is 5.50. The molecule has 1 aromatic rings. The number of halogens is 1.